The molecule has 0 bridgehead atoms. The van der Waals surface area contributed by atoms with E-state index in [0.717, 1.165) is 10.5 Å². The van der Waals surface area contributed by atoms with E-state index in [1.54, 1.807) is 32.3 Å². The molecule has 7 nitrogen and oxygen atoms in total. The molecule has 1 aromatic carbocycles. The highest BCUT2D eigenvalue weighted by atomic mass is 32.2. The Morgan fingerprint density at radius 1 is 1.23 bits per heavy atom. The van der Waals surface area contributed by atoms with Crippen molar-refractivity contribution < 1.29 is 14.7 Å². The molecule has 0 fully saturated rings. The minimum atomic E-state index is -0.883. The standard InChI is InChI=1S/C18H22N4O3S/c1-12-11-13(26-17-19-9-4-10-20-17)5-6-14(12)21-16(25)22-18(2,3)8-7-15(23)24/h4-6,9-11H,7-8H2,1-3H3,(H,23,24)(H2,21,22,25). The summed E-state index contributed by atoms with van der Waals surface area (Å²) in [5, 5.41) is 15.0. The van der Waals surface area contributed by atoms with Crippen molar-refractivity contribution in [3.63, 3.8) is 0 Å². The van der Waals surface area contributed by atoms with Gasteiger partial charge < -0.3 is 15.7 Å². The molecule has 0 aliphatic carbocycles. The van der Waals surface area contributed by atoms with Crippen LogP contribution in [0.3, 0.4) is 0 Å². The van der Waals surface area contributed by atoms with Crippen LogP contribution in [0.5, 0.6) is 0 Å². The van der Waals surface area contributed by atoms with Gasteiger partial charge in [-0.1, -0.05) is 0 Å². The monoisotopic (exact) mass is 374 g/mol. The number of amides is 2. The van der Waals surface area contributed by atoms with E-state index >= 15 is 0 Å². The molecule has 1 aromatic heterocycles. The number of benzene rings is 1. The number of hydrogen-bond donors (Lipinski definition) is 3. The van der Waals surface area contributed by atoms with Gasteiger partial charge in [0.25, 0.3) is 0 Å². The van der Waals surface area contributed by atoms with Crippen molar-refractivity contribution in [2.75, 3.05) is 5.32 Å². The smallest absolute Gasteiger partial charge is 0.319 e. The molecule has 2 rings (SSSR count). The summed E-state index contributed by atoms with van der Waals surface area (Å²) >= 11 is 1.44. The molecule has 0 saturated heterocycles. The Morgan fingerprint density at radius 3 is 2.54 bits per heavy atom. The van der Waals surface area contributed by atoms with E-state index in [0.29, 0.717) is 17.3 Å². The summed E-state index contributed by atoms with van der Waals surface area (Å²) < 4.78 is 0. The summed E-state index contributed by atoms with van der Waals surface area (Å²) in [5.41, 5.74) is 0.982. The van der Waals surface area contributed by atoms with Crippen LogP contribution in [0, 0.1) is 6.92 Å². The lowest BCUT2D eigenvalue weighted by Crippen LogP contribution is -2.45. The van der Waals surface area contributed by atoms with E-state index < -0.39 is 11.5 Å². The molecule has 0 radical (unpaired) electrons. The lowest BCUT2D eigenvalue weighted by atomic mass is 9.99. The van der Waals surface area contributed by atoms with Gasteiger partial charge in [-0.05, 0) is 68.8 Å². The number of aromatic nitrogens is 2. The largest absolute Gasteiger partial charge is 0.481 e. The minimum Gasteiger partial charge on any atom is -0.481 e. The Balaban J connectivity index is 1.96. The molecule has 0 saturated carbocycles. The first kappa shape index (κ1) is 19.7. The molecule has 26 heavy (non-hydrogen) atoms. The van der Waals surface area contributed by atoms with Crippen molar-refractivity contribution in [3.8, 4) is 0 Å². The average molecular weight is 374 g/mol. The van der Waals surface area contributed by atoms with Gasteiger partial charge in [0, 0.05) is 34.9 Å². The SMILES string of the molecule is Cc1cc(Sc2ncccn2)ccc1NC(=O)NC(C)(C)CCC(=O)O. The van der Waals surface area contributed by atoms with Gasteiger partial charge in [0.2, 0.25) is 0 Å². The molecule has 0 spiro atoms. The maximum atomic E-state index is 12.2. The Morgan fingerprint density at radius 2 is 1.92 bits per heavy atom. The number of anilines is 1. The number of nitrogens with one attached hydrogen (secondary N) is 2. The topological polar surface area (TPSA) is 104 Å². The van der Waals surface area contributed by atoms with Crippen molar-refractivity contribution in [3.05, 3.63) is 42.2 Å². The number of hydrogen-bond acceptors (Lipinski definition) is 5. The number of rotatable bonds is 7. The number of carboxylic acids is 1. The molecular formula is C18H22N4O3S. The van der Waals surface area contributed by atoms with Crippen LogP contribution in [0.15, 0.2) is 46.7 Å². The first-order valence-electron chi connectivity index (χ1n) is 8.12. The van der Waals surface area contributed by atoms with Gasteiger partial charge >= 0.3 is 12.0 Å². The third-order valence-electron chi connectivity index (χ3n) is 3.61. The fraction of sp³-hybridized carbons (Fsp3) is 0.333. The predicted molar refractivity (Wildman–Crippen MR) is 100 cm³/mol. The zero-order valence-corrected chi connectivity index (χ0v) is 15.8. The van der Waals surface area contributed by atoms with E-state index in [4.69, 9.17) is 5.11 Å². The van der Waals surface area contributed by atoms with Crippen molar-refractivity contribution in [1.29, 1.82) is 0 Å². The highest BCUT2D eigenvalue weighted by molar-refractivity contribution is 7.99. The number of aliphatic carboxylic acids is 1. The van der Waals surface area contributed by atoms with Gasteiger partial charge in [0.15, 0.2) is 5.16 Å². The lowest BCUT2D eigenvalue weighted by molar-refractivity contribution is -0.137. The van der Waals surface area contributed by atoms with Gasteiger partial charge in [-0.25, -0.2) is 14.8 Å². The second-order valence-electron chi connectivity index (χ2n) is 6.47. The highest BCUT2D eigenvalue weighted by Crippen LogP contribution is 2.28. The summed E-state index contributed by atoms with van der Waals surface area (Å²) in [6.07, 6.45) is 3.73. The molecule has 0 aliphatic heterocycles. The second-order valence-corrected chi connectivity index (χ2v) is 7.51. The van der Waals surface area contributed by atoms with Gasteiger partial charge in [0.1, 0.15) is 0 Å². The third kappa shape index (κ3) is 6.36. The molecule has 0 aliphatic rings. The molecule has 138 valence electrons. The van der Waals surface area contributed by atoms with Gasteiger partial charge in [-0.3, -0.25) is 4.79 Å². The first-order valence-corrected chi connectivity index (χ1v) is 8.93. The molecule has 3 N–H and O–H groups in total. The summed E-state index contributed by atoms with van der Waals surface area (Å²) in [5.74, 6) is -0.883. The number of aryl methyl sites for hydroxylation is 1. The predicted octanol–water partition coefficient (Wildman–Crippen LogP) is 3.70. The Labute approximate surface area is 156 Å². The first-order chi connectivity index (χ1) is 12.2. The van der Waals surface area contributed by atoms with Crippen molar-refractivity contribution in [2.24, 2.45) is 0 Å². The number of nitrogens with zero attached hydrogens (tertiary/aromatic N) is 2. The molecule has 0 unspecified atom stereocenters. The van der Waals surface area contributed by atoms with Crippen LogP contribution in [-0.2, 0) is 4.79 Å². The average Bonchev–Trinajstić information content (AvgIpc) is 2.56. The zero-order valence-electron chi connectivity index (χ0n) is 14.9. The lowest BCUT2D eigenvalue weighted by Gasteiger charge is -2.26. The van der Waals surface area contributed by atoms with E-state index in [2.05, 4.69) is 20.6 Å². The van der Waals surface area contributed by atoms with Crippen LogP contribution >= 0.6 is 11.8 Å². The quantitative estimate of drug-likeness (QED) is 0.638. The summed E-state index contributed by atoms with van der Waals surface area (Å²) in [6.45, 7) is 5.49. The Kier molecular flexibility index (Phi) is 6.57. The summed E-state index contributed by atoms with van der Waals surface area (Å²) in [7, 11) is 0. The third-order valence-corrected chi connectivity index (χ3v) is 4.50. The van der Waals surface area contributed by atoms with Crippen LogP contribution in [0.2, 0.25) is 0 Å². The van der Waals surface area contributed by atoms with Gasteiger partial charge in [-0.15, -0.1) is 0 Å². The van der Waals surface area contributed by atoms with Crippen molar-refractivity contribution in [1.82, 2.24) is 15.3 Å². The summed E-state index contributed by atoms with van der Waals surface area (Å²) in [6, 6.07) is 7.06. The number of carbonyl (C=O) groups excluding carboxylic acids is 1. The van der Waals surface area contributed by atoms with Crippen LogP contribution in [0.4, 0.5) is 10.5 Å². The number of urea groups is 1. The van der Waals surface area contributed by atoms with Crippen molar-refractivity contribution in [2.45, 2.75) is 49.2 Å². The molecule has 0 atom stereocenters. The second kappa shape index (κ2) is 8.66. The van der Waals surface area contributed by atoms with E-state index in [-0.39, 0.29) is 12.5 Å². The maximum Gasteiger partial charge on any atom is 0.319 e. The van der Waals surface area contributed by atoms with E-state index in [1.165, 1.54) is 11.8 Å². The molecule has 8 heteroatoms. The van der Waals surface area contributed by atoms with Crippen LogP contribution in [-0.4, -0.2) is 32.6 Å². The number of carboxylic acid groups (broad SMARTS) is 1. The molecule has 1 heterocycles. The maximum absolute atomic E-state index is 12.2. The Hall–Kier alpha value is -2.61. The van der Waals surface area contributed by atoms with Gasteiger partial charge in [-0.2, -0.15) is 0 Å². The fourth-order valence-electron chi connectivity index (χ4n) is 2.23. The number of carbonyl (C=O) groups is 2. The van der Waals surface area contributed by atoms with Crippen molar-refractivity contribution >= 4 is 29.4 Å². The minimum absolute atomic E-state index is 0.000213. The fourth-order valence-corrected chi connectivity index (χ4v) is 3.04. The molecular weight excluding hydrogens is 352 g/mol. The highest BCUT2D eigenvalue weighted by Gasteiger charge is 2.21. The van der Waals surface area contributed by atoms with E-state index in [9.17, 15) is 9.59 Å². The van der Waals surface area contributed by atoms with Gasteiger partial charge in [0.05, 0.1) is 0 Å². The van der Waals surface area contributed by atoms with Crippen LogP contribution in [0.25, 0.3) is 0 Å². The molecule has 2 aromatic rings. The normalized spacial score (nSPS) is 11.0. The van der Waals surface area contributed by atoms with E-state index in [1.807, 2.05) is 25.1 Å². The Bertz CT molecular complexity index is 781. The van der Waals surface area contributed by atoms with Crippen LogP contribution < -0.4 is 10.6 Å². The zero-order chi connectivity index (χ0) is 19.2. The molecule has 2 amide bonds. The van der Waals surface area contributed by atoms with Crippen LogP contribution in [0.1, 0.15) is 32.3 Å². The summed E-state index contributed by atoms with van der Waals surface area (Å²) in [4.78, 5) is 32.2.